The van der Waals surface area contributed by atoms with E-state index >= 15 is 0 Å². The number of hydrogen-bond acceptors (Lipinski definition) is 6. The van der Waals surface area contributed by atoms with Gasteiger partial charge in [-0.05, 0) is 45.6 Å². The first-order chi connectivity index (χ1) is 11.8. The lowest BCUT2D eigenvalue weighted by Crippen LogP contribution is -2.44. The van der Waals surface area contributed by atoms with Crippen LogP contribution in [0.2, 0.25) is 0 Å². The van der Waals surface area contributed by atoms with Crippen LogP contribution in [0.1, 0.15) is 46.5 Å². The van der Waals surface area contributed by atoms with Gasteiger partial charge in [-0.3, -0.25) is 0 Å². The smallest absolute Gasteiger partial charge is 0.408 e. The van der Waals surface area contributed by atoms with E-state index in [0.29, 0.717) is 6.29 Å². The molecule has 0 saturated carbocycles. The number of hydrogen-bond donors (Lipinski definition) is 2. The number of ether oxygens (including phenoxy) is 2. The molecule has 1 aliphatic carbocycles. The van der Waals surface area contributed by atoms with Crippen LogP contribution in [-0.2, 0) is 19.1 Å². The summed E-state index contributed by atoms with van der Waals surface area (Å²) in [7, 11) is 1.00. The largest absolute Gasteiger partial charge is 0.459 e. The number of nitrogens with one attached hydrogen (secondary N) is 1. The Balaban J connectivity index is 0.00000277. The quantitative estimate of drug-likeness (QED) is 0.537. The van der Waals surface area contributed by atoms with Crippen LogP contribution in [0.3, 0.4) is 0 Å². The van der Waals surface area contributed by atoms with E-state index in [1.807, 2.05) is 18.2 Å². The lowest BCUT2D eigenvalue weighted by atomic mass is 10.1. The van der Waals surface area contributed by atoms with Gasteiger partial charge in [-0.1, -0.05) is 18.2 Å². The van der Waals surface area contributed by atoms with E-state index in [9.17, 15) is 14.4 Å². The Kier molecular flexibility index (Phi) is 11.2. The third-order valence-corrected chi connectivity index (χ3v) is 3.00. The van der Waals surface area contributed by atoms with E-state index in [1.165, 1.54) is 0 Å². The third-order valence-electron chi connectivity index (χ3n) is 3.00. The number of aldehydes is 1. The average Bonchev–Trinajstić information content (AvgIpc) is 2.57. The van der Waals surface area contributed by atoms with Gasteiger partial charge in [-0.15, -0.1) is 0 Å². The number of allylic oxidation sites excluding steroid dienone is 2. The Morgan fingerprint density at radius 1 is 1.32 bits per heavy atom. The van der Waals surface area contributed by atoms with Crippen LogP contribution in [0.5, 0.6) is 0 Å². The highest BCUT2D eigenvalue weighted by Crippen LogP contribution is 2.11. The van der Waals surface area contributed by atoms with Crippen molar-refractivity contribution in [2.75, 3.05) is 13.7 Å². The summed E-state index contributed by atoms with van der Waals surface area (Å²) in [5, 5.41) is 9.46. The zero-order valence-electron chi connectivity index (χ0n) is 15.4. The molecule has 25 heavy (non-hydrogen) atoms. The fraction of sp³-hybridized carbons (Fsp3) is 0.611. The van der Waals surface area contributed by atoms with Crippen molar-refractivity contribution in [3.63, 3.8) is 0 Å². The zero-order chi connectivity index (χ0) is 19.3. The molecule has 0 saturated heterocycles. The van der Waals surface area contributed by atoms with Crippen molar-refractivity contribution < 1.29 is 29.0 Å². The summed E-state index contributed by atoms with van der Waals surface area (Å²) in [6, 6.07) is -0.900. The molecule has 0 aliphatic heterocycles. The highest BCUT2D eigenvalue weighted by molar-refractivity contribution is 5.81. The van der Waals surface area contributed by atoms with Crippen LogP contribution in [0, 0.1) is 0 Å². The lowest BCUT2D eigenvalue weighted by Gasteiger charge is -2.22. The van der Waals surface area contributed by atoms with Crippen LogP contribution < -0.4 is 5.32 Å². The average molecular weight is 355 g/mol. The number of aliphatic hydroxyl groups is 1. The predicted molar refractivity (Wildman–Crippen MR) is 94.0 cm³/mol. The van der Waals surface area contributed by atoms with Gasteiger partial charge >= 0.3 is 12.1 Å². The van der Waals surface area contributed by atoms with Gasteiger partial charge in [0.25, 0.3) is 0 Å². The molecule has 1 unspecified atom stereocenters. The van der Waals surface area contributed by atoms with E-state index in [0.717, 1.165) is 25.5 Å². The molecule has 0 aromatic carbocycles. The van der Waals surface area contributed by atoms with Gasteiger partial charge in [0, 0.05) is 13.5 Å². The minimum atomic E-state index is -0.900. The molecule has 0 radical (unpaired) electrons. The molecule has 0 fully saturated rings. The van der Waals surface area contributed by atoms with Crippen molar-refractivity contribution in [2.24, 2.45) is 0 Å². The van der Waals surface area contributed by atoms with Crippen LogP contribution in [0.25, 0.3) is 0 Å². The molecule has 0 aromatic rings. The third kappa shape index (κ3) is 11.1. The predicted octanol–water partition coefficient (Wildman–Crippen LogP) is 2.29. The molecular formula is C18H29NO6. The summed E-state index contributed by atoms with van der Waals surface area (Å²) in [5.41, 5.74) is 0.261. The number of aliphatic hydroxyl groups excluding tert-OH is 1. The molecule has 2 N–H and O–H groups in total. The van der Waals surface area contributed by atoms with E-state index < -0.39 is 23.7 Å². The first-order valence-corrected chi connectivity index (χ1v) is 8.22. The lowest BCUT2D eigenvalue weighted by molar-refractivity contribution is -0.145. The molecule has 0 aromatic heterocycles. The number of carbonyl (C=O) groups is 3. The summed E-state index contributed by atoms with van der Waals surface area (Å²) in [6.45, 7) is 5.34. The fourth-order valence-corrected chi connectivity index (χ4v) is 1.96. The minimum absolute atomic E-state index is 0.151. The first kappa shape index (κ1) is 22.9. The molecule has 7 heteroatoms. The molecule has 0 spiro atoms. The molecule has 1 aliphatic rings. The maximum Gasteiger partial charge on any atom is 0.408 e. The second-order valence-electron chi connectivity index (χ2n) is 6.31. The Hall–Kier alpha value is -2.15. The highest BCUT2D eigenvalue weighted by atomic mass is 16.6. The Bertz CT molecular complexity index is 490. The van der Waals surface area contributed by atoms with Gasteiger partial charge < -0.3 is 24.7 Å². The topological polar surface area (TPSA) is 102 Å². The van der Waals surface area contributed by atoms with Gasteiger partial charge in [0.05, 0.1) is 0 Å². The maximum atomic E-state index is 12.1. The normalized spacial score (nSPS) is 14.4. The van der Waals surface area contributed by atoms with Crippen molar-refractivity contribution >= 4 is 18.3 Å². The Morgan fingerprint density at radius 3 is 2.52 bits per heavy atom. The van der Waals surface area contributed by atoms with Crippen LogP contribution in [0.15, 0.2) is 23.8 Å². The summed E-state index contributed by atoms with van der Waals surface area (Å²) in [6.07, 6.45) is 8.17. The SMILES string of the molecule is CC(C)(C)OC(=O)NC(CCC=O)C(=O)OCC1=CCCC=C1.CO. The standard InChI is InChI=1S/C17H25NO5.CH4O/c1-17(2,3)23-16(21)18-14(10-7-11-19)15(20)22-12-13-8-5-4-6-9-13;1-2/h5,8-9,11,14H,4,6-7,10,12H2,1-3H3,(H,18,21);2H,1H3. The number of alkyl carbamates (subject to hydrolysis) is 1. The first-order valence-electron chi connectivity index (χ1n) is 8.22. The highest BCUT2D eigenvalue weighted by Gasteiger charge is 2.25. The van der Waals surface area contributed by atoms with E-state index in [2.05, 4.69) is 5.32 Å². The van der Waals surface area contributed by atoms with E-state index in [4.69, 9.17) is 14.6 Å². The molecule has 142 valence electrons. The maximum absolute atomic E-state index is 12.1. The molecule has 7 nitrogen and oxygen atoms in total. The van der Waals surface area contributed by atoms with E-state index in [-0.39, 0.29) is 19.4 Å². The Labute approximate surface area is 149 Å². The summed E-state index contributed by atoms with van der Waals surface area (Å²) >= 11 is 0. The second-order valence-corrected chi connectivity index (χ2v) is 6.31. The second kappa shape index (κ2) is 12.2. The van der Waals surface area contributed by atoms with Crippen molar-refractivity contribution in [2.45, 2.75) is 58.1 Å². The molecule has 0 heterocycles. The monoisotopic (exact) mass is 355 g/mol. The summed E-state index contributed by atoms with van der Waals surface area (Å²) in [5.74, 6) is -0.572. The van der Waals surface area contributed by atoms with Gasteiger partial charge in [-0.25, -0.2) is 9.59 Å². The zero-order valence-corrected chi connectivity index (χ0v) is 15.4. The van der Waals surface area contributed by atoms with Gasteiger partial charge in [0.1, 0.15) is 24.5 Å². The van der Waals surface area contributed by atoms with Gasteiger partial charge in [-0.2, -0.15) is 0 Å². The summed E-state index contributed by atoms with van der Waals surface area (Å²) < 4.78 is 10.4. The minimum Gasteiger partial charge on any atom is -0.459 e. The fourth-order valence-electron chi connectivity index (χ4n) is 1.96. The number of rotatable bonds is 7. The summed E-state index contributed by atoms with van der Waals surface area (Å²) in [4.78, 5) is 34.5. The molecular weight excluding hydrogens is 326 g/mol. The molecule has 1 amide bonds. The van der Waals surface area contributed by atoms with E-state index in [1.54, 1.807) is 20.8 Å². The van der Waals surface area contributed by atoms with Crippen molar-refractivity contribution in [3.05, 3.63) is 23.8 Å². The van der Waals surface area contributed by atoms with Crippen molar-refractivity contribution in [1.82, 2.24) is 5.32 Å². The van der Waals surface area contributed by atoms with Gasteiger partial charge in [0.15, 0.2) is 0 Å². The molecule has 0 bridgehead atoms. The molecule has 1 atom stereocenters. The number of carbonyl (C=O) groups excluding carboxylic acids is 3. The van der Waals surface area contributed by atoms with Crippen LogP contribution in [0.4, 0.5) is 4.79 Å². The van der Waals surface area contributed by atoms with Crippen LogP contribution >= 0.6 is 0 Å². The van der Waals surface area contributed by atoms with Crippen LogP contribution in [-0.4, -0.2) is 48.8 Å². The van der Waals surface area contributed by atoms with Gasteiger partial charge in [0.2, 0.25) is 0 Å². The Morgan fingerprint density at radius 2 is 2.00 bits per heavy atom. The number of esters is 1. The molecule has 1 rings (SSSR count). The number of amides is 1. The van der Waals surface area contributed by atoms with Crippen molar-refractivity contribution in [1.29, 1.82) is 0 Å². The van der Waals surface area contributed by atoms with Crippen molar-refractivity contribution in [3.8, 4) is 0 Å².